The van der Waals surface area contributed by atoms with E-state index in [1.807, 2.05) is 85.1 Å². The van der Waals surface area contributed by atoms with Gasteiger partial charge in [-0.1, -0.05) is 127 Å². The summed E-state index contributed by atoms with van der Waals surface area (Å²) in [7, 11) is 0. The maximum Gasteiger partial charge on any atom is 0.161 e. The van der Waals surface area contributed by atoms with Crippen molar-refractivity contribution in [3.8, 4) is 27.9 Å². The summed E-state index contributed by atoms with van der Waals surface area (Å²) in [5.74, 6) is 1.12. The molecule has 0 bridgehead atoms. The lowest BCUT2D eigenvalue weighted by Gasteiger charge is -2.11. The first-order chi connectivity index (χ1) is 31.7. The van der Waals surface area contributed by atoms with Gasteiger partial charge in [0.1, 0.15) is 17.8 Å². The number of amidine groups is 2. The molecule has 0 unspecified atom stereocenters. The molecule has 4 aromatic heterocycles. The number of benzene rings is 8. The highest BCUT2D eigenvalue weighted by atomic mass is 16.3. The minimum absolute atomic E-state index is 0.370. The number of hydrogen-bond donors (Lipinski definition) is 0. The molecular formula is C57H38N6O. The Balaban J connectivity index is 0.937. The first-order valence-corrected chi connectivity index (χ1v) is 21.3. The highest BCUT2D eigenvalue weighted by Crippen LogP contribution is 2.39. The molecule has 0 spiro atoms. The molecule has 4 heterocycles. The van der Waals surface area contributed by atoms with Crippen LogP contribution in [-0.2, 0) is 6.67 Å². The molecule has 302 valence electrons. The average Bonchev–Trinajstić information content (AvgIpc) is 4.01. The topological polar surface area (TPSA) is 73.0 Å². The molecule has 0 N–H and O–H groups in total. The van der Waals surface area contributed by atoms with Crippen molar-refractivity contribution in [2.45, 2.75) is 6.67 Å². The third kappa shape index (κ3) is 6.29. The highest BCUT2D eigenvalue weighted by molar-refractivity contribution is 6.14. The smallest absolute Gasteiger partial charge is 0.161 e. The third-order valence-electron chi connectivity index (χ3n) is 12.2. The number of aromatic nitrogens is 3. The maximum atomic E-state index is 6.08. The van der Waals surface area contributed by atoms with Gasteiger partial charge in [-0.25, -0.2) is 15.0 Å². The molecule has 0 amide bonds. The second-order valence-corrected chi connectivity index (χ2v) is 15.9. The largest absolute Gasteiger partial charge is 0.454 e. The lowest BCUT2D eigenvalue weighted by molar-refractivity contribution is 0.668. The SMILES string of the molecule is C=NC(=N/C(=N\Cn1c2ccccc2c2cc(-c3ccc4c(c3)c3ccccc3n4-c3cccc(-c4ccc5oc6cccnc6c5c4)c3)ccc21)c1ccccc1)c1ccccc1. The van der Waals surface area contributed by atoms with Crippen molar-refractivity contribution < 1.29 is 4.42 Å². The molecular weight excluding hydrogens is 785 g/mol. The fourth-order valence-electron chi connectivity index (χ4n) is 9.21. The quantitative estimate of drug-likeness (QED) is 0.119. The van der Waals surface area contributed by atoms with Gasteiger partial charge in [-0.3, -0.25) is 4.98 Å². The van der Waals surface area contributed by atoms with Crippen LogP contribution in [0.5, 0.6) is 0 Å². The van der Waals surface area contributed by atoms with E-state index < -0.39 is 0 Å². The van der Waals surface area contributed by atoms with Gasteiger partial charge < -0.3 is 13.6 Å². The van der Waals surface area contributed by atoms with E-state index in [9.17, 15) is 0 Å². The Bertz CT molecular complexity index is 3830. The zero-order valence-electron chi connectivity index (χ0n) is 34.6. The molecule has 12 aromatic rings. The van der Waals surface area contributed by atoms with Gasteiger partial charge in [0.25, 0.3) is 0 Å². The van der Waals surface area contributed by atoms with E-state index in [-0.39, 0.29) is 0 Å². The molecule has 0 aliphatic heterocycles. The number of aliphatic imine (C=N–C) groups is 3. The van der Waals surface area contributed by atoms with Crippen molar-refractivity contribution in [1.82, 2.24) is 14.1 Å². The molecule has 0 atom stereocenters. The number of pyridine rings is 1. The van der Waals surface area contributed by atoms with Crippen molar-refractivity contribution in [3.05, 3.63) is 218 Å². The van der Waals surface area contributed by atoms with E-state index in [4.69, 9.17) is 14.4 Å². The molecule has 0 radical (unpaired) electrons. The number of nitrogens with zero attached hydrogens (tertiary/aromatic N) is 6. The molecule has 7 nitrogen and oxygen atoms in total. The monoisotopic (exact) mass is 822 g/mol. The number of furan rings is 1. The van der Waals surface area contributed by atoms with Gasteiger partial charge in [0.2, 0.25) is 0 Å². The first kappa shape index (κ1) is 37.1. The van der Waals surface area contributed by atoms with Crippen molar-refractivity contribution in [3.63, 3.8) is 0 Å². The van der Waals surface area contributed by atoms with Crippen molar-refractivity contribution in [2.75, 3.05) is 0 Å². The number of rotatable bonds is 7. The second kappa shape index (κ2) is 15.3. The molecule has 64 heavy (non-hydrogen) atoms. The highest BCUT2D eigenvalue weighted by Gasteiger charge is 2.17. The second-order valence-electron chi connectivity index (χ2n) is 15.9. The first-order valence-electron chi connectivity index (χ1n) is 21.3. The lowest BCUT2D eigenvalue weighted by Crippen LogP contribution is -2.07. The number of fused-ring (bicyclic) bond motifs is 9. The van der Waals surface area contributed by atoms with Crippen LogP contribution in [0.2, 0.25) is 0 Å². The van der Waals surface area contributed by atoms with Gasteiger partial charge in [-0.15, -0.1) is 0 Å². The Morgan fingerprint density at radius 3 is 1.80 bits per heavy atom. The van der Waals surface area contributed by atoms with Gasteiger partial charge in [-0.2, -0.15) is 0 Å². The fourth-order valence-corrected chi connectivity index (χ4v) is 9.21. The van der Waals surface area contributed by atoms with Crippen LogP contribution in [0.3, 0.4) is 0 Å². The third-order valence-corrected chi connectivity index (χ3v) is 12.2. The lowest BCUT2D eigenvalue weighted by atomic mass is 10.0. The Morgan fingerprint density at radius 1 is 0.469 bits per heavy atom. The van der Waals surface area contributed by atoms with Gasteiger partial charge in [0.15, 0.2) is 17.3 Å². The van der Waals surface area contributed by atoms with E-state index in [2.05, 4.69) is 147 Å². The van der Waals surface area contributed by atoms with Gasteiger partial charge in [0, 0.05) is 49.9 Å². The van der Waals surface area contributed by atoms with Gasteiger partial charge in [0.05, 0.1) is 22.1 Å². The van der Waals surface area contributed by atoms with E-state index in [1.165, 1.54) is 21.5 Å². The molecule has 0 saturated heterocycles. The van der Waals surface area contributed by atoms with E-state index in [0.29, 0.717) is 18.3 Å². The minimum atomic E-state index is 0.370. The Labute approximate surface area is 368 Å². The molecule has 12 rings (SSSR count). The van der Waals surface area contributed by atoms with Crippen LogP contribution >= 0.6 is 0 Å². The van der Waals surface area contributed by atoms with Crippen LogP contribution in [0, 0.1) is 0 Å². The minimum Gasteiger partial charge on any atom is -0.454 e. The normalized spacial score (nSPS) is 12.4. The molecule has 0 saturated carbocycles. The summed E-state index contributed by atoms with van der Waals surface area (Å²) in [4.78, 5) is 19.0. The van der Waals surface area contributed by atoms with Crippen molar-refractivity contribution in [1.29, 1.82) is 0 Å². The van der Waals surface area contributed by atoms with E-state index in [0.717, 1.165) is 83.2 Å². The van der Waals surface area contributed by atoms with E-state index >= 15 is 0 Å². The van der Waals surface area contributed by atoms with Crippen LogP contribution in [0.15, 0.2) is 226 Å². The molecule has 7 heteroatoms. The molecule has 8 aromatic carbocycles. The van der Waals surface area contributed by atoms with Crippen LogP contribution in [-0.4, -0.2) is 32.5 Å². The van der Waals surface area contributed by atoms with Crippen molar-refractivity contribution in [2.24, 2.45) is 15.0 Å². The van der Waals surface area contributed by atoms with E-state index in [1.54, 1.807) is 0 Å². The molecule has 0 aliphatic carbocycles. The predicted octanol–water partition coefficient (Wildman–Crippen LogP) is 14.1. The van der Waals surface area contributed by atoms with Crippen LogP contribution < -0.4 is 0 Å². The Morgan fingerprint density at radius 2 is 1.05 bits per heavy atom. The summed E-state index contributed by atoms with van der Waals surface area (Å²) < 4.78 is 10.7. The average molecular weight is 823 g/mol. The maximum absolute atomic E-state index is 6.08. The van der Waals surface area contributed by atoms with Crippen LogP contribution in [0.25, 0.3) is 93.6 Å². The van der Waals surface area contributed by atoms with Crippen molar-refractivity contribution >= 4 is 84.1 Å². The number of hydrogen-bond acceptors (Lipinski definition) is 3. The van der Waals surface area contributed by atoms with Gasteiger partial charge in [-0.05, 0) is 102 Å². The summed E-state index contributed by atoms with van der Waals surface area (Å²) in [6.07, 6.45) is 1.82. The summed E-state index contributed by atoms with van der Waals surface area (Å²) >= 11 is 0. The Hall–Kier alpha value is -8.68. The zero-order chi connectivity index (χ0) is 42.6. The van der Waals surface area contributed by atoms with Crippen LogP contribution in [0.4, 0.5) is 0 Å². The summed E-state index contributed by atoms with van der Waals surface area (Å²) in [6.45, 7) is 4.21. The fraction of sp³-hybridized carbons (Fsp3) is 0.0175. The molecule has 0 fully saturated rings. The molecule has 0 aliphatic rings. The standard InChI is InChI=1S/C57H38N6O/c1-58-56(37-14-4-2-5-15-37)61-57(38-16-6-3-7-17-38)60-36-62-49-22-10-8-20-44(49)46-33-40(25-28-50(46)62)41-26-29-52-47(34-41)45-21-9-11-23-51(45)63(52)43-19-12-18-39(32-43)42-27-30-53-48(35-42)55-54(64-53)24-13-31-59-55/h2-35H,1,36H2/b60-57-,61-56?. The van der Waals surface area contributed by atoms with Crippen LogP contribution in [0.1, 0.15) is 11.1 Å². The number of para-hydroxylation sites is 2. The Kier molecular flexibility index (Phi) is 8.90. The predicted molar refractivity (Wildman–Crippen MR) is 265 cm³/mol. The van der Waals surface area contributed by atoms with Gasteiger partial charge >= 0.3 is 0 Å². The summed E-state index contributed by atoms with van der Waals surface area (Å²) in [5, 5.41) is 5.76. The summed E-state index contributed by atoms with van der Waals surface area (Å²) in [6, 6.07) is 69.9. The summed E-state index contributed by atoms with van der Waals surface area (Å²) in [5.41, 5.74) is 14.5. The zero-order valence-corrected chi connectivity index (χ0v) is 34.6.